The van der Waals surface area contributed by atoms with Crippen molar-refractivity contribution < 1.29 is 14.2 Å². The molecule has 33 heavy (non-hydrogen) atoms. The highest BCUT2D eigenvalue weighted by Crippen LogP contribution is 2.43. The molecule has 0 spiro atoms. The van der Waals surface area contributed by atoms with Crippen LogP contribution in [0.3, 0.4) is 0 Å². The van der Waals surface area contributed by atoms with Crippen molar-refractivity contribution in [3.63, 3.8) is 0 Å². The smallest absolute Gasteiger partial charge is 0.133 e. The molecule has 2 aromatic heterocycles. The Labute approximate surface area is 200 Å². The van der Waals surface area contributed by atoms with Crippen molar-refractivity contribution in [1.82, 2.24) is 9.61 Å². The number of aryl methyl sites for hydroxylation is 1. The van der Waals surface area contributed by atoms with Crippen LogP contribution in [0.15, 0.2) is 30.3 Å². The average molecular weight is 470 g/mol. The van der Waals surface area contributed by atoms with Crippen molar-refractivity contribution in [2.45, 2.75) is 45.1 Å². The number of aromatic nitrogens is 2. The lowest BCUT2D eigenvalue weighted by atomic mass is 10.0. The number of hydrogen-bond acceptors (Lipinski definition) is 5. The minimum absolute atomic E-state index is 0.487. The molecule has 0 radical (unpaired) electrons. The summed E-state index contributed by atoms with van der Waals surface area (Å²) in [5, 5.41) is 5.70. The molecule has 5 rings (SSSR count). The fourth-order valence-corrected chi connectivity index (χ4v) is 5.17. The first-order chi connectivity index (χ1) is 16.1. The summed E-state index contributed by atoms with van der Waals surface area (Å²) in [5.41, 5.74) is 5.30. The van der Waals surface area contributed by atoms with Crippen LogP contribution in [0.4, 0.5) is 5.69 Å². The molecule has 3 heterocycles. The van der Waals surface area contributed by atoms with Gasteiger partial charge in [0.05, 0.1) is 42.4 Å². The molecule has 2 aliphatic rings. The van der Waals surface area contributed by atoms with E-state index in [9.17, 15) is 0 Å². The molecule has 1 aliphatic heterocycles. The average Bonchev–Trinajstić information content (AvgIpc) is 3.60. The molecule has 6 nitrogen and oxygen atoms in total. The van der Waals surface area contributed by atoms with Crippen LogP contribution >= 0.6 is 11.6 Å². The van der Waals surface area contributed by atoms with Gasteiger partial charge in [-0.1, -0.05) is 24.6 Å². The van der Waals surface area contributed by atoms with Crippen LogP contribution in [0, 0.1) is 5.92 Å². The van der Waals surface area contributed by atoms with Gasteiger partial charge in [-0.15, -0.1) is 0 Å². The zero-order valence-corrected chi connectivity index (χ0v) is 20.4. The SMILES string of the molecule is CCc1nn2c(-c3c(OC)cc(Cl)cc3OC)cccc2c1N(CC1CC1)C1CCOCC1. The zero-order chi connectivity index (χ0) is 22.9. The highest BCUT2D eigenvalue weighted by Gasteiger charge is 2.33. The molecule has 1 saturated carbocycles. The number of benzene rings is 1. The summed E-state index contributed by atoms with van der Waals surface area (Å²) in [4.78, 5) is 2.64. The predicted octanol–water partition coefficient (Wildman–Crippen LogP) is 5.63. The number of ether oxygens (including phenoxy) is 3. The Morgan fingerprint density at radius 2 is 1.79 bits per heavy atom. The number of anilines is 1. The first-order valence-corrected chi connectivity index (χ1v) is 12.3. The molecule has 1 aromatic carbocycles. The van der Waals surface area contributed by atoms with Gasteiger partial charge in [-0.2, -0.15) is 5.10 Å². The summed E-state index contributed by atoms with van der Waals surface area (Å²) >= 11 is 6.32. The van der Waals surface area contributed by atoms with Gasteiger partial charge in [-0.25, -0.2) is 4.52 Å². The van der Waals surface area contributed by atoms with E-state index in [0.717, 1.165) is 67.4 Å². The normalized spacial score (nSPS) is 16.8. The lowest BCUT2D eigenvalue weighted by molar-refractivity contribution is 0.0842. The number of halogens is 1. The number of rotatable bonds is 8. The first-order valence-electron chi connectivity index (χ1n) is 11.9. The molecule has 0 N–H and O–H groups in total. The van der Waals surface area contributed by atoms with E-state index in [1.54, 1.807) is 14.2 Å². The number of fused-ring (bicyclic) bond motifs is 1. The van der Waals surface area contributed by atoms with Crippen LogP contribution in [0.2, 0.25) is 5.02 Å². The number of nitrogens with zero attached hydrogens (tertiary/aromatic N) is 3. The monoisotopic (exact) mass is 469 g/mol. The Kier molecular flexibility index (Phi) is 6.39. The van der Waals surface area contributed by atoms with E-state index in [2.05, 4.69) is 34.5 Å². The lowest BCUT2D eigenvalue weighted by Crippen LogP contribution is -2.41. The Bertz CT molecular complexity index is 1110. The van der Waals surface area contributed by atoms with Crippen LogP contribution in [0.25, 0.3) is 16.8 Å². The molecule has 0 bridgehead atoms. The van der Waals surface area contributed by atoms with Crippen LogP contribution in [-0.4, -0.2) is 49.6 Å². The minimum Gasteiger partial charge on any atom is -0.496 e. The van der Waals surface area contributed by atoms with Gasteiger partial charge in [-0.3, -0.25) is 0 Å². The molecule has 1 saturated heterocycles. The second kappa shape index (κ2) is 9.43. The van der Waals surface area contributed by atoms with Crippen molar-refractivity contribution >= 4 is 22.8 Å². The van der Waals surface area contributed by atoms with Crippen LogP contribution in [-0.2, 0) is 11.2 Å². The second-order valence-electron chi connectivity index (χ2n) is 8.98. The molecule has 3 aromatic rings. The van der Waals surface area contributed by atoms with E-state index < -0.39 is 0 Å². The van der Waals surface area contributed by atoms with Crippen LogP contribution in [0.5, 0.6) is 11.5 Å². The zero-order valence-electron chi connectivity index (χ0n) is 19.6. The van der Waals surface area contributed by atoms with E-state index in [0.29, 0.717) is 22.6 Å². The summed E-state index contributed by atoms with van der Waals surface area (Å²) in [6, 6.07) is 10.5. The Morgan fingerprint density at radius 3 is 2.39 bits per heavy atom. The summed E-state index contributed by atoms with van der Waals surface area (Å²) < 4.78 is 19.2. The molecule has 7 heteroatoms. The highest BCUT2D eigenvalue weighted by atomic mass is 35.5. The summed E-state index contributed by atoms with van der Waals surface area (Å²) in [6.45, 7) is 4.94. The van der Waals surface area contributed by atoms with Gasteiger partial charge < -0.3 is 19.1 Å². The van der Waals surface area contributed by atoms with E-state index in [1.165, 1.54) is 18.5 Å². The third kappa shape index (κ3) is 4.26. The van der Waals surface area contributed by atoms with Gasteiger partial charge in [0.25, 0.3) is 0 Å². The van der Waals surface area contributed by atoms with Crippen molar-refractivity contribution in [2.75, 3.05) is 38.9 Å². The molecule has 0 unspecified atom stereocenters. The van der Waals surface area contributed by atoms with Gasteiger partial charge in [0.2, 0.25) is 0 Å². The van der Waals surface area contributed by atoms with E-state index in [1.807, 2.05) is 12.1 Å². The molecule has 0 atom stereocenters. The number of pyridine rings is 1. The van der Waals surface area contributed by atoms with Crippen LogP contribution < -0.4 is 14.4 Å². The van der Waals surface area contributed by atoms with Gasteiger partial charge in [0.15, 0.2) is 0 Å². The van der Waals surface area contributed by atoms with Crippen molar-refractivity contribution in [3.05, 3.63) is 41.0 Å². The molecular weight excluding hydrogens is 438 g/mol. The third-order valence-electron chi connectivity index (χ3n) is 6.83. The maximum atomic E-state index is 6.32. The lowest BCUT2D eigenvalue weighted by Gasteiger charge is -2.36. The molecule has 2 fully saturated rings. The summed E-state index contributed by atoms with van der Waals surface area (Å²) in [6.07, 6.45) is 5.64. The molecule has 0 amide bonds. The highest BCUT2D eigenvalue weighted by molar-refractivity contribution is 6.31. The molecule has 176 valence electrons. The fraction of sp³-hybridized carbons (Fsp3) is 0.500. The van der Waals surface area contributed by atoms with Gasteiger partial charge in [0.1, 0.15) is 11.5 Å². The van der Waals surface area contributed by atoms with Gasteiger partial charge in [-0.05, 0) is 62.3 Å². The topological polar surface area (TPSA) is 48.2 Å². The van der Waals surface area contributed by atoms with Crippen molar-refractivity contribution in [1.29, 1.82) is 0 Å². The van der Waals surface area contributed by atoms with E-state index in [4.69, 9.17) is 30.9 Å². The standard InChI is InChI=1S/C26H32ClN3O3/c1-4-20-26(29(16-17-8-9-17)19-10-12-33-13-11-19)22-7-5-6-21(30(22)28-20)25-23(31-2)14-18(27)15-24(25)32-3/h5-7,14-15,17,19H,4,8-13,16H2,1-3H3. The Morgan fingerprint density at radius 1 is 1.09 bits per heavy atom. The summed E-state index contributed by atoms with van der Waals surface area (Å²) in [5.74, 6) is 2.12. The number of methoxy groups -OCH3 is 2. The number of hydrogen-bond donors (Lipinski definition) is 0. The van der Waals surface area contributed by atoms with Gasteiger partial charge in [0, 0.05) is 30.8 Å². The Hall–Kier alpha value is -2.44. The first kappa shape index (κ1) is 22.4. The second-order valence-corrected chi connectivity index (χ2v) is 9.42. The molecular formula is C26H32ClN3O3. The fourth-order valence-electron chi connectivity index (χ4n) is 4.98. The van der Waals surface area contributed by atoms with Crippen molar-refractivity contribution in [2.24, 2.45) is 5.92 Å². The summed E-state index contributed by atoms with van der Waals surface area (Å²) in [7, 11) is 3.31. The quantitative estimate of drug-likeness (QED) is 0.428. The van der Waals surface area contributed by atoms with Crippen molar-refractivity contribution in [3.8, 4) is 22.8 Å². The largest absolute Gasteiger partial charge is 0.496 e. The Balaban J connectivity index is 1.70. The molecule has 1 aliphatic carbocycles. The van der Waals surface area contributed by atoms with E-state index >= 15 is 0 Å². The maximum absolute atomic E-state index is 6.32. The predicted molar refractivity (Wildman–Crippen MR) is 132 cm³/mol. The third-order valence-corrected chi connectivity index (χ3v) is 7.05. The minimum atomic E-state index is 0.487. The van der Waals surface area contributed by atoms with Crippen LogP contribution in [0.1, 0.15) is 38.3 Å². The van der Waals surface area contributed by atoms with Gasteiger partial charge >= 0.3 is 0 Å². The van der Waals surface area contributed by atoms with E-state index in [-0.39, 0.29) is 0 Å². The maximum Gasteiger partial charge on any atom is 0.133 e.